The highest BCUT2D eigenvalue weighted by molar-refractivity contribution is 5.72. The first kappa shape index (κ1) is 28.6. The Labute approximate surface area is 232 Å². The molecule has 0 amide bonds. The molecule has 3 aromatic rings. The van der Waals surface area contributed by atoms with E-state index < -0.39 is 17.4 Å². The van der Waals surface area contributed by atoms with Crippen molar-refractivity contribution in [2.75, 3.05) is 0 Å². The number of carbonyl (C=O) groups is 1. The number of carboxylic acid groups (broad SMARTS) is 1. The van der Waals surface area contributed by atoms with E-state index in [2.05, 4.69) is 62.9 Å². The van der Waals surface area contributed by atoms with Crippen molar-refractivity contribution in [1.82, 2.24) is 0 Å². The molecule has 204 valence electrons. The van der Waals surface area contributed by atoms with Crippen molar-refractivity contribution in [3.05, 3.63) is 93.8 Å². The normalized spacial score (nSPS) is 14.9. The zero-order valence-corrected chi connectivity index (χ0v) is 23.5. The number of benzene rings is 3. The monoisotopic (exact) mass is 526 g/mol. The fraction of sp³-hybridized carbons (Fsp3) is 0.400. The molecule has 0 aromatic heterocycles. The smallest absolute Gasteiger partial charge is 0.307 e. The van der Waals surface area contributed by atoms with Crippen LogP contribution in [0.2, 0.25) is 0 Å². The average Bonchev–Trinajstić information content (AvgIpc) is 2.91. The van der Waals surface area contributed by atoms with Gasteiger partial charge in [-0.25, -0.2) is 4.39 Å². The number of carboxylic acids is 1. The van der Waals surface area contributed by atoms with Crippen molar-refractivity contribution in [3.8, 4) is 23.0 Å². The van der Waals surface area contributed by atoms with Crippen molar-refractivity contribution in [3.63, 3.8) is 0 Å². The minimum absolute atomic E-state index is 0.182. The highest BCUT2D eigenvalue weighted by Gasteiger charge is 2.32. The predicted molar refractivity (Wildman–Crippen MR) is 155 cm³/mol. The van der Waals surface area contributed by atoms with E-state index in [4.69, 9.17) is 5.11 Å². The minimum Gasteiger partial charge on any atom is -0.481 e. The summed E-state index contributed by atoms with van der Waals surface area (Å²) in [6.07, 6.45) is 6.24. The van der Waals surface area contributed by atoms with E-state index >= 15 is 0 Å². The number of halogens is 1. The summed E-state index contributed by atoms with van der Waals surface area (Å²) < 4.78 is 14.6. The molecule has 4 rings (SSSR count). The maximum Gasteiger partial charge on any atom is 0.307 e. The Kier molecular flexibility index (Phi) is 8.62. The number of aryl methyl sites for hydroxylation is 2. The van der Waals surface area contributed by atoms with Crippen molar-refractivity contribution >= 4 is 5.97 Å². The van der Waals surface area contributed by atoms with Gasteiger partial charge in [-0.2, -0.15) is 0 Å². The van der Waals surface area contributed by atoms with Crippen LogP contribution in [-0.2, 0) is 16.6 Å². The number of aliphatic hydroxyl groups is 1. The second-order valence-corrected chi connectivity index (χ2v) is 11.1. The van der Waals surface area contributed by atoms with Gasteiger partial charge in [0.15, 0.2) is 0 Å². The molecule has 1 aliphatic carbocycles. The minimum atomic E-state index is -1.05. The Morgan fingerprint density at radius 1 is 0.923 bits per heavy atom. The van der Waals surface area contributed by atoms with Gasteiger partial charge in [0.05, 0.1) is 6.42 Å². The highest BCUT2D eigenvalue weighted by atomic mass is 19.1. The van der Waals surface area contributed by atoms with Crippen LogP contribution in [0.5, 0.6) is 0 Å². The van der Waals surface area contributed by atoms with E-state index in [1.165, 1.54) is 23.6 Å². The maximum atomic E-state index is 14.6. The van der Waals surface area contributed by atoms with E-state index in [0.717, 1.165) is 66.3 Å². The van der Waals surface area contributed by atoms with Gasteiger partial charge in [0.1, 0.15) is 11.4 Å². The molecule has 1 aliphatic rings. The van der Waals surface area contributed by atoms with Crippen LogP contribution in [0.3, 0.4) is 0 Å². The second kappa shape index (κ2) is 11.8. The molecule has 39 heavy (non-hydrogen) atoms. The fourth-order valence-electron chi connectivity index (χ4n) is 6.09. The molecule has 2 N–H and O–H groups in total. The van der Waals surface area contributed by atoms with E-state index in [1.54, 1.807) is 12.1 Å². The molecule has 0 radical (unpaired) electrons. The van der Waals surface area contributed by atoms with E-state index in [-0.39, 0.29) is 17.4 Å². The zero-order valence-electron chi connectivity index (χ0n) is 23.5. The van der Waals surface area contributed by atoms with Crippen LogP contribution in [0.1, 0.15) is 92.2 Å². The Bertz CT molecular complexity index is 1420. The lowest BCUT2D eigenvalue weighted by atomic mass is 9.69. The molecule has 3 nitrogen and oxygen atoms in total. The van der Waals surface area contributed by atoms with Crippen LogP contribution in [-0.4, -0.2) is 21.8 Å². The first-order chi connectivity index (χ1) is 18.6. The van der Waals surface area contributed by atoms with Crippen molar-refractivity contribution in [2.45, 2.75) is 90.1 Å². The molecular formula is C35H39FO3. The van der Waals surface area contributed by atoms with Crippen LogP contribution < -0.4 is 0 Å². The average molecular weight is 527 g/mol. The largest absolute Gasteiger partial charge is 0.481 e. The maximum absolute atomic E-state index is 14.6. The standard InChI is InChI=1S/C35H39FO3/c1-5-35(6-2,29-13-12-26(24(3)20-29)16-19-34(39)17-8-7-9-18-34)30-14-15-31(25(4)21-30)27-10-11-28(23-33(37)38)32(36)22-27/h10-15,20-22,39H,5-9,17-18,23H2,1-4H3,(H,37,38). The molecule has 4 heteroatoms. The van der Waals surface area contributed by atoms with Gasteiger partial charge < -0.3 is 10.2 Å². The van der Waals surface area contributed by atoms with Gasteiger partial charge in [-0.3, -0.25) is 4.79 Å². The summed E-state index contributed by atoms with van der Waals surface area (Å²) in [6.45, 7) is 8.55. The molecule has 0 unspecified atom stereocenters. The van der Waals surface area contributed by atoms with Crippen LogP contribution in [0.15, 0.2) is 54.6 Å². The Morgan fingerprint density at radius 2 is 1.56 bits per heavy atom. The van der Waals surface area contributed by atoms with E-state index in [9.17, 15) is 14.3 Å². The first-order valence-electron chi connectivity index (χ1n) is 14.1. The quantitative estimate of drug-likeness (QED) is 0.308. The first-order valence-corrected chi connectivity index (χ1v) is 14.1. The van der Waals surface area contributed by atoms with E-state index in [0.29, 0.717) is 0 Å². The summed E-state index contributed by atoms with van der Waals surface area (Å²) >= 11 is 0. The number of rotatable bonds is 7. The number of aliphatic carboxylic acids is 1. The summed E-state index contributed by atoms with van der Waals surface area (Å²) in [5.41, 5.74) is 6.38. The van der Waals surface area contributed by atoms with E-state index in [1.807, 2.05) is 13.0 Å². The Morgan fingerprint density at radius 3 is 2.13 bits per heavy atom. The molecule has 0 heterocycles. The van der Waals surface area contributed by atoms with Gasteiger partial charge in [-0.05, 0) is 103 Å². The third-order valence-electron chi connectivity index (χ3n) is 8.58. The van der Waals surface area contributed by atoms with Gasteiger partial charge in [0, 0.05) is 11.0 Å². The van der Waals surface area contributed by atoms with Crippen molar-refractivity contribution < 1.29 is 19.4 Å². The molecule has 0 spiro atoms. The summed E-state index contributed by atoms with van der Waals surface area (Å²) in [6, 6.07) is 17.7. The van der Waals surface area contributed by atoms with Crippen LogP contribution >= 0.6 is 0 Å². The predicted octanol–water partition coefficient (Wildman–Crippen LogP) is 7.89. The topological polar surface area (TPSA) is 57.5 Å². The third-order valence-corrected chi connectivity index (χ3v) is 8.58. The van der Waals surface area contributed by atoms with Gasteiger partial charge >= 0.3 is 5.97 Å². The van der Waals surface area contributed by atoms with Gasteiger partial charge in [0.25, 0.3) is 0 Å². The lowest BCUT2D eigenvalue weighted by molar-refractivity contribution is -0.136. The third kappa shape index (κ3) is 6.10. The summed E-state index contributed by atoms with van der Waals surface area (Å²) in [5.74, 6) is 4.89. The molecule has 1 saturated carbocycles. The lowest BCUT2D eigenvalue weighted by Crippen LogP contribution is -2.29. The SMILES string of the molecule is CCC(CC)(c1ccc(C#CC2(O)CCCCC2)c(C)c1)c1ccc(-c2ccc(CC(=O)O)c(F)c2)c(C)c1. The van der Waals surface area contributed by atoms with Crippen molar-refractivity contribution in [1.29, 1.82) is 0 Å². The fourth-order valence-corrected chi connectivity index (χ4v) is 6.09. The van der Waals surface area contributed by atoms with Gasteiger partial charge in [-0.1, -0.05) is 74.6 Å². The summed E-state index contributed by atoms with van der Waals surface area (Å²) in [7, 11) is 0. The zero-order chi connectivity index (χ0) is 28.2. The van der Waals surface area contributed by atoms with Crippen LogP contribution in [0, 0.1) is 31.5 Å². The van der Waals surface area contributed by atoms with Crippen LogP contribution in [0.25, 0.3) is 11.1 Å². The number of hydrogen-bond donors (Lipinski definition) is 2. The molecular weight excluding hydrogens is 487 g/mol. The Hall–Kier alpha value is -3.42. The molecule has 0 saturated heterocycles. The van der Waals surface area contributed by atoms with Gasteiger partial charge in [-0.15, -0.1) is 0 Å². The molecule has 0 atom stereocenters. The highest BCUT2D eigenvalue weighted by Crippen LogP contribution is 2.41. The molecule has 1 fully saturated rings. The summed E-state index contributed by atoms with van der Waals surface area (Å²) in [5, 5.41) is 19.8. The second-order valence-electron chi connectivity index (χ2n) is 11.1. The van der Waals surface area contributed by atoms with Crippen molar-refractivity contribution in [2.24, 2.45) is 0 Å². The molecule has 3 aromatic carbocycles. The Balaban J connectivity index is 1.66. The summed E-state index contributed by atoms with van der Waals surface area (Å²) in [4.78, 5) is 11.0. The lowest BCUT2D eigenvalue weighted by Gasteiger charge is -2.34. The van der Waals surface area contributed by atoms with Gasteiger partial charge in [0.2, 0.25) is 0 Å². The number of hydrogen-bond acceptors (Lipinski definition) is 2. The molecule has 0 bridgehead atoms. The van der Waals surface area contributed by atoms with Crippen LogP contribution in [0.4, 0.5) is 4.39 Å². The molecule has 0 aliphatic heterocycles.